The number of hydrogen-bond acceptors (Lipinski definition) is 6. The number of carbonyl (C=O) groups excluding carboxylic acids is 2. The number of rotatable bonds is 6. The first-order valence-corrected chi connectivity index (χ1v) is 12.0. The number of amides is 1. The highest BCUT2D eigenvalue weighted by Crippen LogP contribution is 2.48. The van der Waals surface area contributed by atoms with Gasteiger partial charge in [0.15, 0.2) is 11.5 Å². The molecule has 0 spiro atoms. The van der Waals surface area contributed by atoms with Crippen LogP contribution in [0.25, 0.3) is 16.7 Å². The number of furan rings is 1. The minimum absolute atomic E-state index is 0.0174. The van der Waals surface area contributed by atoms with Crippen molar-refractivity contribution in [2.45, 2.75) is 12.6 Å². The van der Waals surface area contributed by atoms with Crippen LogP contribution in [0.5, 0.6) is 11.5 Å². The molecule has 1 aliphatic heterocycles. The molecule has 5 rings (SSSR count). The number of aliphatic hydroxyl groups is 1. The van der Waals surface area contributed by atoms with Crippen molar-refractivity contribution in [3.05, 3.63) is 87.4 Å². The minimum atomic E-state index is -0.930. The summed E-state index contributed by atoms with van der Waals surface area (Å²) in [6.07, 6.45) is 3.33. The second-order valence-electron chi connectivity index (χ2n) is 8.51. The molecule has 4 aromatic rings. The number of para-hydroxylation sites is 1. The fourth-order valence-electron chi connectivity index (χ4n) is 4.82. The van der Waals surface area contributed by atoms with Crippen molar-refractivity contribution in [1.82, 2.24) is 9.47 Å². The topological polar surface area (TPSA) is 94.1 Å². The average Bonchev–Trinajstić information content (AvgIpc) is 3.58. The van der Waals surface area contributed by atoms with Gasteiger partial charge in [-0.15, -0.1) is 0 Å². The number of aliphatic hydroxyl groups excluding tert-OH is 1. The monoisotopic (exact) mass is 540 g/mol. The Kier molecular flexibility index (Phi) is 6.39. The van der Waals surface area contributed by atoms with E-state index in [1.165, 1.54) is 31.4 Å². The molecule has 190 valence electrons. The van der Waals surface area contributed by atoms with Crippen LogP contribution in [-0.4, -0.2) is 40.5 Å². The van der Waals surface area contributed by atoms with Crippen LogP contribution >= 0.6 is 23.2 Å². The summed E-state index contributed by atoms with van der Waals surface area (Å²) in [7, 11) is 4.63. The lowest BCUT2D eigenvalue weighted by atomic mass is 9.94. The predicted octanol–water partition coefficient (Wildman–Crippen LogP) is 5.72. The summed E-state index contributed by atoms with van der Waals surface area (Å²) in [5, 5.41) is 12.5. The van der Waals surface area contributed by atoms with Crippen LogP contribution < -0.4 is 9.47 Å². The molecule has 1 fully saturated rings. The maximum Gasteiger partial charge on any atom is 0.296 e. The lowest BCUT2D eigenvalue weighted by Gasteiger charge is -2.24. The number of benzene rings is 2. The molecule has 0 bridgehead atoms. The summed E-state index contributed by atoms with van der Waals surface area (Å²) in [6.45, 7) is 0.0174. The molecule has 2 aromatic carbocycles. The largest absolute Gasteiger partial charge is 0.507 e. The molecule has 37 heavy (non-hydrogen) atoms. The average molecular weight is 541 g/mol. The van der Waals surface area contributed by atoms with Crippen LogP contribution in [0.3, 0.4) is 0 Å². The Morgan fingerprint density at radius 2 is 1.81 bits per heavy atom. The SMILES string of the molecule is COc1c(Cl)cc(/C(O)=C2\C(=O)C(=O)N(Cc3ccco3)C2c2cn(C)c3ccccc23)c(OC)c1Cl. The van der Waals surface area contributed by atoms with E-state index in [4.69, 9.17) is 37.1 Å². The Labute approximate surface area is 222 Å². The van der Waals surface area contributed by atoms with Crippen molar-refractivity contribution in [3.8, 4) is 11.5 Å². The van der Waals surface area contributed by atoms with Gasteiger partial charge in [-0.25, -0.2) is 0 Å². The Bertz CT molecular complexity index is 1570. The lowest BCUT2D eigenvalue weighted by Crippen LogP contribution is -2.29. The highest BCUT2D eigenvalue weighted by molar-refractivity contribution is 6.47. The van der Waals surface area contributed by atoms with E-state index < -0.39 is 23.5 Å². The van der Waals surface area contributed by atoms with E-state index in [1.54, 1.807) is 12.1 Å². The van der Waals surface area contributed by atoms with E-state index in [9.17, 15) is 14.7 Å². The quantitative estimate of drug-likeness (QED) is 0.191. The number of likely N-dealkylation sites (tertiary alicyclic amines) is 1. The fraction of sp³-hybridized carbons (Fsp3) is 0.185. The summed E-state index contributed by atoms with van der Waals surface area (Å²) in [6, 6.07) is 11.5. The number of Topliss-reactive ketones (excluding diaryl/α,β-unsaturated/α-hetero) is 1. The van der Waals surface area contributed by atoms with E-state index in [-0.39, 0.29) is 39.2 Å². The molecule has 1 atom stereocenters. The molecule has 1 amide bonds. The summed E-state index contributed by atoms with van der Waals surface area (Å²) >= 11 is 12.8. The summed E-state index contributed by atoms with van der Waals surface area (Å²) in [5.41, 5.74) is 1.49. The number of methoxy groups -OCH3 is 2. The third-order valence-corrected chi connectivity index (χ3v) is 7.09. The number of aryl methyl sites for hydroxylation is 1. The highest BCUT2D eigenvalue weighted by Gasteiger charge is 2.47. The van der Waals surface area contributed by atoms with Crippen molar-refractivity contribution in [3.63, 3.8) is 0 Å². The normalized spacial score (nSPS) is 17.1. The number of carbonyl (C=O) groups is 2. The number of halogens is 2. The number of fused-ring (bicyclic) bond motifs is 1. The van der Waals surface area contributed by atoms with Gasteiger partial charge in [0.1, 0.15) is 16.5 Å². The maximum absolute atomic E-state index is 13.5. The molecule has 1 saturated heterocycles. The number of ether oxygens (including phenoxy) is 2. The molecule has 1 N–H and O–H groups in total. The molecule has 1 aliphatic rings. The summed E-state index contributed by atoms with van der Waals surface area (Å²) in [5.74, 6) is -1.41. The van der Waals surface area contributed by atoms with Crippen LogP contribution in [0.2, 0.25) is 10.0 Å². The molecule has 3 heterocycles. The number of ketones is 1. The molecule has 8 nitrogen and oxygen atoms in total. The Morgan fingerprint density at radius 1 is 1.08 bits per heavy atom. The predicted molar refractivity (Wildman–Crippen MR) is 139 cm³/mol. The standard InChI is InChI=1S/C27H22Cl2N2O6/c1-30-13-17(15-8-4-5-9-19(15)30)22-20(24(33)27(34)31(22)12-14-7-6-10-37-14)23(32)16-11-18(28)26(36-3)21(29)25(16)35-2/h4-11,13,22,32H,12H2,1-3H3/b23-20+. The van der Waals surface area contributed by atoms with E-state index in [0.29, 0.717) is 11.3 Å². The number of hydrogen-bond donors (Lipinski definition) is 1. The van der Waals surface area contributed by atoms with Gasteiger partial charge in [-0.1, -0.05) is 41.4 Å². The van der Waals surface area contributed by atoms with Crippen LogP contribution in [0.15, 0.2) is 64.9 Å². The molecule has 1 unspecified atom stereocenters. The van der Waals surface area contributed by atoms with Crippen molar-refractivity contribution >= 4 is 51.6 Å². The van der Waals surface area contributed by atoms with Crippen molar-refractivity contribution in [2.24, 2.45) is 7.05 Å². The highest BCUT2D eigenvalue weighted by atomic mass is 35.5. The molecule has 0 saturated carbocycles. The minimum Gasteiger partial charge on any atom is -0.507 e. The smallest absolute Gasteiger partial charge is 0.296 e. The van der Waals surface area contributed by atoms with Crippen LogP contribution in [0, 0.1) is 0 Å². The van der Waals surface area contributed by atoms with Gasteiger partial charge in [0.05, 0.1) is 49.2 Å². The van der Waals surface area contributed by atoms with Crippen LogP contribution in [-0.2, 0) is 23.2 Å². The fourth-order valence-corrected chi connectivity index (χ4v) is 5.51. The van der Waals surface area contributed by atoms with Crippen LogP contribution in [0.1, 0.15) is 22.9 Å². The third-order valence-electron chi connectivity index (χ3n) is 6.46. The van der Waals surface area contributed by atoms with E-state index in [1.807, 2.05) is 42.1 Å². The Balaban J connectivity index is 1.79. The maximum atomic E-state index is 13.5. The lowest BCUT2D eigenvalue weighted by molar-refractivity contribution is -0.140. The molecule has 10 heteroatoms. The molecular weight excluding hydrogens is 519 g/mol. The zero-order valence-electron chi connectivity index (χ0n) is 20.1. The van der Waals surface area contributed by atoms with Gasteiger partial charge in [0, 0.05) is 29.7 Å². The molecular formula is C27H22Cl2N2O6. The van der Waals surface area contributed by atoms with Gasteiger partial charge >= 0.3 is 0 Å². The zero-order chi connectivity index (χ0) is 26.4. The third kappa shape index (κ3) is 3.93. The van der Waals surface area contributed by atoms with Crippen LogP contribution in [0.4, 0.5) is 0 Å². The summed E-state index contributed by atoms with van der Waals surface area (Å²) in [4.78, 5) is 28.3. The van der Waals surface area contributed by atoms with Crippen molar-refractivity contribution in [2.75, 3.05) is 14.2 Å². The molecule has 0 radical (unpaired) electrons. The van der Waals surface area contributed by atoms with Gasteiger partial charge in [0.2, 0.25) is 0 Å². The Hall–Kier alpha value is -3.88. The van der Waals surface area contributed by atoms with E-state index in [2.05, 4.69) is 0 Å². The first kappa shape index (κ1) is 24.8. The van der Waals surface area contributed by atoms with Crippen molar-refractivity contribution in [1.29, 1.82) is 0 Å². The number of aromatic nitrogens is 1. The summed E-state index contributed by atoms with van der Waals surface area (Å²) < 4.78 is 18.1. The second kappa shape index (κ2) is 9.53. The van der Waals surface area contributed by atoms with Gasteiger partial charge in [-0.05, 0) is 24.3 Å². The molecule has 2 aromatic heterocycles. The van der Waals surface area contributed by atoms with E-state index in [0.717, 1.165) is 10.9 Å². The Morgan fingerprint density at radius 3 is 2.49 bits per heavy atom. The number of nitrogens with zero attached hydrogens (tertiary/aromatic N) is 2. The second-order valence-corrected chi connectivity index (χ2v) is 9.29. The van der Waals surface area contributed by atoms with Gasteiger partial charge < -0.3 is 28.5 Å². The van der Waals surface area contributed by atoms with Gasteiger partial charge in [0.25, 0.3) is 11.7 Å². The van der Waals surface area contributed by atoms with Gasteiger partial charge in [-0.2, -0.15) is 0 Å². The first-order valence-electron chi connectivity index (χ1n) is 11.2. The molecule has 0 aliphatic carbocycles. The van der Waals surface area contributed by atoms with Gasteiger partial charge in [-0.3, -0.25) is 9.59 Å². The first-order chi connectivity index (χ1) is 17.8. The van der Waals surface area contributed by atoms with E-state index >= 15 is 0 Å². The van der Waals surface area contributed by atoms with Crippen molar-refractivity contribution < 1.29 is 28.6 Å². The zero-order valence-corrected chi connectivity index (χ0v) is 21.6.